The van der Waals surface area contributed by atoms with Gasteiger partial charge in [0.05, 0.1) is 0 Å². The Labute approximate surface area is 170 Å². The molecule has 0 spiro atoms. The molecule has 1 aliphatic heterocycles. The molecular weight excluding hydrogens is 366 g/mol. The predicted molar refractivity (Wildman–Crippen MR) is 112 cm³/mol. The first-order valence-corrected chi connectivity index (χ1v) is 10.2. The van der Waals surface area contributed by atoms with Gasteiger partial charge in [-0.1, -0.05) is 17.3 Å². The van der Waals surface area contributed by atoms with Crippen molar-refractivity contribution in [3.05, 3.63) is 36.4 Å². The van der Waals surface area contributed by atoms with Crippen LogP contribution in [0.5, 0.6) is 0 Å². The molecule has 0 saturated carbocycles. The summed E-state index contributed by atoms with van der Waals surface area (Å²) in [6, 6.07) is 8.17. The first-order chi connectivity index (χ1) is 13.7. The highest BCUT2D eigenvalue weighted by Crippen LogP contribution is 2.28. The lowest BCUT2D eigenvalue weighted by Crippen LogP contribution is -2.62. The maximum absolute atomic E-state index is 12.5. The van der Waals surface area contributed by atoms with Crippen LogP contribution >= 0.6 is 0 Å². The monoisotopic (exact) mass is 395 g/mol. The van der Waals surface area contributed by atoms with E-state index in [1.54, 1.807) is 0 Å². The quantitative estimate of drug-likeness (QED) is 0.614. The van der Waals surface area contributed by atoms with E-state index >= 15 is 0 Å². The number of rotatable bonds is 5. The Morgan fingerprint density at radius 2 is 1.97 bits per heavy atom. The summed E-state index contributed by atoms with van der Waals surface area (Å²) in [4.78, 5) is 20.1. The lowest BCUT2D eigenvalue weighted by atomic mass is 9.79. The number of carbonyl (C=O) groups excluding carboxylic acids is 1. The van der Waals surface area contributed by atoms with E-state index in [1.165, 1.54) is 0 Å². The Morgan fingerprint density at radius 3 is 2.72 bits per heavy atom. The minimum absolute atomic E-state index is 0.00131. The number of carbonyl (C=O) groups is 1. The Kier molecular flexibility index (Phi) is 4.94. The SMILES string of the molecule is CC1(C)CC(NC(=O)CCc2nc(-c3ccc4cc[nH]c4c3)no2)CC(C)(C)N1. The molecule has 0 bridgehead atoms. The Balaban J connectivity index is 1.34. The number of hydrogen-bond acceptors (Lipinski definition) is 5. The molecule has 7 heteroatoms. The molecule has 1 amide bonds. The maximum atomic E-state index is 12.5. The van der Waals surface area contributed by atoms with Crippen molar-refractivity contribution >= 4 is 16.8 Å². The van der Waals surface area contributed by atoms with Crippen LogP contribution in [0, 0.1) is 0 Å². The number of fused-ring (bicyclic) bond motifs is 1. The molecule has 3 N–H and O–H groups in total. The van der Waals surface area contributed by atoms with Gasteiger partial charge in [-0.2, -0.15) is 4.98 Å². The largest absolute Gasteiger partial charge is 0.361 e. The molecule has 1 fully saturated rings. The second-order valence-corrected chi connectivity index (χ2v) is 9.36. The fourth-order valence-corrected chi connectivity index (χ4v) is 4.61. The van der Waals surface area contributed by atoms with E-state index in [9.17, 15) is 4.79 Å². The third kappa shape index (κ3) is 4.67. The van der Waals surface area contributed by atoms with Crippen molar-refractivity contribution < 1.29 is 9.32 Å². The lowest BCUT2D eigenvalue weighted by Gasteiger charge is -2.46. The first-order valence-electron chi connectivity index (χ1n) is 10.2. The molecule has 1 aliphatic rings. The maximum Gasteiger partial charge on any atom is 0.227 e. The zero-order valence-electron chi connectivity index (χ0n) is 17.5. The van der Waals surface area contributed by atoms with Crippen LogP contribution in [0.2, 0.25) is 0 Å². The molecule has 4 rings (SSSR count). The smallest absolute Gasteiger partial charge is 0.227 e. The van der Waals surface area contributed by atoms with E-state index in [-0.39, 0.29) is 23.0 Å². The second kappa shape index (κ2) is 7.30. The number of aromatic amines is 1. The number of nitrogens with one attached hydrogen (secondary N) is 3. The molecule has 1 saturated heterocycles. The van der Waals surface area contributed by atoms with Crippen molar-refractivity contribution in [1.29, 1.82) is 0 Å². The zero-order valence-corrected chi connectivity index (χ0v) is 17.5. The molecule has 0 radical (unpaired) electrons. The number of nitrogens with zero attached hydrogens (tertiary/aromatic N) is 2. The number of H-pyrrole nitrogens is 1. The van der Waals surface area contributed by atoms with E-state index in [0.717, 1.165) is 29.3 Å². The summed E-state index contributed by atoms with van der Waals surface area (Å²) in [5, 5.41) is 12.0. The lowest BCUT2D eigenvalue weighted by molar-refractivity contribution is -0.122. The average Bonchev–Trinajstić information content (AvgIpc) is 3.25. The van der Waals surface area contributed by atoms with Crippen LogP contribution in [0.4, 0.5) is 0 Å². The highest BCUT2D eigenvalue weighted by molar-refractivity contribution is 5.83. The van der Waals surface area contributed by atoms with E-state index in [2.05, 4.69) is 53.5 Å². The van der Waals surface area contributed by atoms with Gasteiger partial charge in [-0.25, -0.2) is 0 Å². The summed E-state index contributed by atoms with van der Waals surface area (Å²) in [6.45, 7) is 8.71. The standard InChI is InChI=1S/C22H29N5O2/c1-21(2)12-16(13-22(3,4)27-21)24-18(28)7-8-19-25-20(26-29-19)15-6-5-14-9-10-23-17(14)11-15/h5-6,9-11,16,23,27H,7-8,12-13H2,1-4H3,(H,24,28). The van der Waals surface area contributed by atoms with Crippen molar-refractivity contribution in [3.8, 4) is 11.4 Å². The van der Waals surface area contributed by atoms with Crippen molar-refractivity contribution in [2.75, 3.05) is 0 Å². The third-order valence-electron chi connectivity index (χ3n) is 5.40. The zero-order chi connectivity index (χ0) is 20.6. The summed E-state index contributed by atoms with van der Waals surface area (Å²) in [7, 11) is 0. The minimum Gasteiger partial charge on any atom is -0.361 e. The van der Waals surface area contributed by atoms with Gasteiger partial charge >= 0.3 is 0 Å². The van der Waals surface area contributed by atoms with Gasteiger partial charge in [-0.05, 0) is 58.1 Å². The Bertz CT molecular complexity index is 1000. The molecule has 3 heterocycles. The minimum atomic E-state index is 0.00131. The van der Waals surface area contributed by atoms with Gasteiger partial charge in [-0.15, -0.1) is 0 Å². The van der Waals surface area contributed by atoms with Gasteiger partial charge in [0.15, 0.2) is 0 Å². The van der Waals surface area contributed by atoms with Crippen molar-refractivity contribution in [1.82, 2.24) is 25.8 Å². The molecule has 154 valence electrons. The summed E-state index contributed by atoms with van der Waals surface area (Å²) in [5.74, 6) is 1.04. The van der Waals surface area contributed by atoms with Gasteiger partial charge in [0.2, 0.25) is 17.6 Å². The molecule has 0 unspecified atom stereocenters. The van der Waals surface area contributed by atoms with E-state index in [1.807, 2.05) is 30.5 Å². The Hall–Kier alpha value is -2.67. The highest BCUT2D eigenvalue weighted by Gasteiger charge is 2.38. The van der Waals surface area contributed by atoms with Crippen LogP contribution in [0.25, 0.3) is 22.3 Å². The highest BCUT2D eigenvalue weighted by atomic mass is 16.5. The van der Waals surface area contributed by atoms with Crippen LogP contribution in [-0.2, 0) is 11.2 Å². The fourth-order valence-electron chi connectivity index (χ4n) is 4.61. The van der Waals surface area contributed by atoms with Gasteiger partial charge in [0.25, 0.3) is 0 Å². The Morgan fingerprint density at radius 1 is 1.21 bits per heavy atom. The van der Waals surface area contributed by atoms with Crippen LogP contribution in [0.15, 0.2) is 35.0 Å². The molecule has 0 aliphatic carbocycles. The number of piperidine rings is 1. The van der Waals surface area contributed by atoms with Crippen LogP contribution in [0.3, 0.4) is 0 Å². The number of hydrogen-bond donors (Lipinski definition) is 3. The third-order valence-corrected chi connectivity index (χ3v) is 5.40. The van der Waals surface area contributed by atoms with Crippen LogP contribution in [0.1, 0.15) is 52.8 Å². The van der Waals surface area contributed by atoms with Crippen LogP contribution in [-0.4, -0.2) is 38.2 Å². The van der Waals surface area contributed by atoms with Crippen molar-refractivity contribution in [2.45, 2.75) is 70.5 Å². The molecule has 29 heavy (non-hydrogen) atoms. The van der Waals surface area contributed by atoms with Gasteiger partial charge in [-0.3, -0.25) is 4.79 Å². The topological polar surface area (TPSA) is 95.8 Å². The predicted octanol–water partition coefficient (Wildman–Crippen LogP) is 3.58. The van der Waals surface area contributed by atoms with Gasteiger partial charge in [0, 0.05) is 47.2 Å². The number of aromatic nitrogens is 3. The van der Waals surface area contributed by atoms with E-state index in [0.29, 0.717) is 24.6 Å². The van der Waals surface area contributed by atoms with Crippen molar-refractivity contribution in [3.63, 3.8) is 0 Å². The molecule has 3 aromatic rings. The fraction of sp³-hybridized carbons (Fsp3) is 0.500. The first kappa shape index (κ1) is 19.6. The van der Waals surface area contributed by atoms with Crippen LogP contribution < -0.4 is 10.6 Å². The molecule has 1 aromatic carbocycles. The number of benzene rings is 1. The summed E-state index contributed by atoms with van der Waals surface area (Å²) in [5.41, 5.74) is 1.92. The summed E-state index contributed by atoms with van der Waals surface area (Å²) >= 11 is 0. The number of amides is 1. The summed E-state index contributed by atoms with van der Waals surface area (Å²) < 4.78 is 5.36. The molecular formula is C22H29N5O2. The second-order valence-electron chi connectivity index (χ2n) is 9.36. The van der Waals surface area contributed by atoms with Gasteiger partial charge < -0.3 is 20.1 Å². The normalized spacial score (nSPS) is 18.8. The average molecular weight is 396 g/mol. The summed E-state index contributed by atoms with van der Waals surface area (Å²) in [6.07, 6.45) is 4.49. The van der Waals surface area contributed by atoms with E-state index < -0.39 is 0 Å². The van der Waals surface area contributed by atoms with E-state index in [4.69, 9.17) is 4.52 Å². The molecule has 7 nitrogen and oxygen atoms in total. The number of aryl methyl sites for hydroxylation is 1. The van der Waals surface area contributed by atoms with Crippen molar-refractivity contribution in [2.24, 2.45) is 0 Å². The molecule has 2 aromatic heterocycles. The van der Waals surface area contributed by atoms with Gasteiger partial charge in [0.1, 0.15) is 0 Å². The molecule has 0 atom stereocenters.